The lowest BCUT2D eigenvalue weighted by atomic mass is 10.1. The molecule has 0 aliphatic rings. The number of ether oxygens (including phenoxy) is 1. The van der Waals surface area contributed by atoms with Crippen molar-refractivity contribution < 1.29 is 13.5 Å². The van der Waals surface area contributed by atoms with Gasteiger partial charge in [-0.3, -0.25) is 4.68 Å². The van der Waals surface area contributed by atoms with Gasteiger partial charge in [0.05, 0.1) is 6.20 Å². The molecular formula is C24H22BrFN4O2. The minimum absolute atomic E-state index is 0.293. The average molecular weight is 497 g/mol. The van der Waals surface area contributed by atoms with Gasteiger partial charge >= 0.3 is 0 Å². The minimum Gasteiger partial charge on any atom is -0.487 e. The van der Waals surface area contributed by atoms with E-state index in [1.165, 1.54) is 11.6 Å². The van der Waals surface area contributed by atoms with Crippen LogP contribution in [0.2, 0.25) is 0 Å². The summed E-state index contributed by atoms with van der Waals surface area (Å²) in [5.41, 5.74) is 2.39. The fraction of sp³-hybridized carbons (Fsp3) is 0.208. The van der Waals surface area contributed by atoms with E-state index in [1.54, 1.807) is 36.7 Å². The third-order valence-corrected chi connectivity index (χ3v) is 5.32. The summed E-state index contributed by atoms with van der Waals surface area (Å²) in [4.78, 5) is 4.35. The summed E-state index contributed by atoms with van der Waals surface area (Å²) in [6.07, 6.45) is 11.5. The molecule has 32 heavy (non-hydrogen) atoms. The normalized spacial score (nSPS) is 11.3. The number of aromatic nitrogens is 4. The molecule has 0 unspecified atom stereocenters. The Morgan fingerprint density at radius 2 is 1.97 bits per heavy atom. The molecule has 4 rings (SSSR count). The quantitative estimate of drug-likeness (QED) is 0.254. The second-order valence-electron chi connectivity index (χ2n) is 7.23. The SMILES string of the molecule is Fc1cc(Br)ccc1C=Cc1nc(COc2ccc(CCCCn3ccnn3)cc2)co1. The zero-order chi connectivity index (χ0) is 22.2. The Morgan fingerprint density at radius 1 is 1.09 bits per heavy atom. The first kappa shape index (κ1) is 22.0. The van der Waals surface area contributed by atoms with E-state index in [-0.39, 0.29) is 5.82 Å². The number of halogens is 2. The van der Waals surface area contributed by atoms with Crippen LogP contribution >= 0.6 is 15.9 Å². The minimum atomic E-state index is -0.315. The van der Waals surface area contributed by atoms with E-state index >= 15 is 0 Å². The Balaban J connectivity index is 1.22. The van der Waals surface area contributed by atoms with Crippen LogP contribution in [0.3, 0.4) is 0 Å². The lowest BCUT2D eigenvalue weighted by Crippen LogP contribution is -1.99. The summed E-state index contributed by atoms with van der Waals surface area (Å²) in [5.74, 6) is 0.852. The van der Waals surface area contributed by atoms with Crippen molar-refractivity contribution >= 4 is 28.1 Å². The highest BCUT2D eigenvalue weighted by atomic mass is 79.9. The second-order valence-corrected chi connectivity index (χ2v) is 8.15. The molecule has 0 fully saturated rings. The van der Waals surface area contributed by atoms with E-state index in [0.29, 0.717) is 28.2 Å². The Kier molecular flexibility index (Phi) is 7.45. The van der Waals surface area contributed by atoms with Crippen LogP contribution in [-0.4, -0.2) is 20.0 Å². The van der Waals surface area contributed by atoms with Crippen molar-refractivity contribution in [1.29, 1.82) is 0 Å². The van der Waals surface area contributed by atoms with Crippen LogP contribution in [0.1, 0.15) is 35.6 Å². The molecule has 0 amide bonds. The van der Waals surface area contributed by atoms with Crippen LogP contribution in [0.5, 0.6) is 5.75 Å². The van der Waals surface area contributed by atoms with Gasteiger partial charge in [0.25, 0.3) is 0 Å². The molecule has 164 valence electrons. The van der Waals surface area contributed by atoms with Gasteiger partial charge in [0.15, 0.2) is 0 Å². The molecule has 6 nitrogen and oxygen atoms in total. The molecule has 0 bridgehead atoms. The first-order valence-electron chi connectivity index (χ1n) is 10.3. The number of unbranched alkanes of at least 4 members (excludes halogenated alkanes) is 1. The molecule has 0 aliphatic carbocycles. The number of hydrogen-bond acceptors (Lipinski definition) is 5. The Bertz CT molecular complexity index is 1160. The van der Waals surface area contributed by atoms with Crippen molar-refractivity contribution in [3.05, 3.63) is 94.1 Å². The number of oxazole rings is 1. The van der Waals surface area contributed by atoms with Crippen LogP contribution in [0.15, 0.2) is 70.0 Å². The molecule has 4 aromatic rings. The molecular weight excluding hydrogens is 475 g/mol. The van der Waals surface area contributed by atoms with Crippen molar-refractivity contribution in [2.75, 3.05) is 0 Å². The summed E-state index contributed by atoms with van der Waals surface area (Å²) in [7, 11) is 0. The molecule has 0 atom stereocenters. The van der Waals surface area contributed by atoms with Crippen LogP contribution in [0.4, 0.5) is 4.39 Å². The van der Waals surface area contributed by atoms with Crippen molar-refractivity contribution in [2.24, 2.45) is 0 Å². The third-order valence-electron chi connectivity index (χ3n) is 4.82. The number of rotatable bonds is 10. The monoisotopic (exact) mass is 496 g/mol. The Hall–Kier alpha value is -3.26. The zero-order valence-corrected chi connectivity index (χ0v) is 18.9. The van der Waals surface area contributed by atoms with Crippen LogP contribution in [0.25, 0.3) is 12.2 Å². The highest BCUT2D eigenvalue weighted by Gasteiger charge is 2.04. The highest BCUT2D eigenvalue weighted by Crippen LogP contribution is 2.19. The van der Waals surface area contributed by atoms with Gasteiger partial charge < -0.3 is 9.15 Å². The van der Waals surface area contributed by atoms with Crippen molar-refractivity contribution in [3.63, 3.8) is 0 Å². The number of aryl methyl sites for hydroxylation is 2. The molecule has 8 heteroatoms. The number of nitrogens with zero attached hydrogens (tertiary/aromatic N) is 4. The highest BCUT2D eigenvalue weighted by molar-refractivity contribution is 9.10. The van der Waals surface area contributed by atoms with Crippen LogP contribution < -0.4 is 4.74 Å². The molecule has 0 saturated carbocycles. The first-order chi connectivity index (χ1) is 15.7. The second kappa shape index (κ2) is 10.9. The van der Waals surface area contributed by atoms with E-state index in [0.717, 1.165) is 31.6 Å². The van der Waals surface area contributed by atoms with Crippen LogP contribution in [0, 0.1) is 5.82 Å². The molecule has 2 aromatic carbocycles. The maximum Gasteiger partial charge on any atom is 0.218 e. The van der Waals surface area contributed by atoms with Gasteiger partial charge in [-0.05, 0) is 55.2 Å². The Morgan fingerprint density at radius 3 is 2.75 bits per heavy atom. The van der Waals surface area contributed by atoms with Crippen molar-refractivity contribution in [1.82, 2.24) is 20.0 Å². The summed E-state index contributed by atoms with van der Waals surface area (Å²) < 4.78 is 27.6. The topological polar surface area (TPSA) is 66.0 Å². The zero-order valence-electron chi connectivity index (χ0n) is 17.3. The molecule has 0 aliphatic heterocycles. The van der Waals surface area contributed by atoms with E-state index in [2.05, 4.69) is 43.4 Å². The van der Waals surface area contributed by atoms with E-state index in [1.807, 2.05) is 23.0 Å². The van der Waals surface area contributed by atoms with Gasteiger partial charge in [-0.15, -0.1) is 5.10 Å². The summed E-state index contributed by atoms with van der Waals surface area (Å²) in [6.45, 7) is 1.18. The maximum atomic E-state index is 13.9. The summed E-state index contributed by atoms with van der Waals surface area (Å²) in [6, 6.07) is 13.0. The van der Waals surface area contributed by atoms with Crippen molar-refractivity contribution in [2.45, 2.75) is 32.4 Å². The summed E-state index contributed by atoms with van der Waals surface area (Å²) in [5, 5.41) is 7.77. The smallest absolute Gasteiger partial charge is 0.218 e. The fourth-order valence-electron chi connectivity index (χ4n) is 3.13. The van der Waals surface area contributed by atoms with E-state index < -0.39 is 0 Å². The number of hydrogen-bond donors (Lipinski definition) is 0. The standard InChI is InChI=1S/C24H22BrFN4O2/c25-20-8-6-19(23(26)15-20)7-11-24-28-21(17-32-24)16-31-22-9-4-18(5-10-22)3-1-2-13-30-14-12-27-29-30/h4-12,14-15,17H,1-3,13,16H2. The molecule has 0 N–H and O–H groups in total. The maximum absolute atomic E-state index is 13.9. The lowest BCUT2D eigenvalue weighted by molar-refractivity contribution is 0.301. The van der Waals surface area contributed by atoms with Gasteiger partial charge in [-0.1, -0.05) is 39.3 Å². The van der Waals surface area contributed by atoms with Gasteiger partial charge in [-0.2, -0.15) is 0 Å². The predicted octanol–water partition coefficient (Wildman–Crippen LogP) is 5.94. The predicted molar refractivity (Wildman–Crippen MR) is 123 cm³/mol. The van der Waals surface area contributed by atoms with Gasteiger partial charge in [0.1, 0.15) is 30.1 Å². The van der Waals surface area contributed by atoms with Crippen LogP contribution in [-0.2, 0) is 19.6 Å². The summed E-state index contributed by atoms with van der Waals surface area (Å²) >= 11 is 3.24. The number of benzene rings is 2. The largest absolute Gasteiger partial charge is 0.487 e. The molecule has 0 spiro atoms. The third kappa shape index (κ3) is 6.37. The van der Waals surface area contributed by atoms with Gasteiger partial charge in [-0.25, -0.2) is 9.37 Å². The molecule has 2 aromatic heterocycles. The fourth-order valence-corrected chi connectivity index (χ4v) is 3.46. The molecule has 0 radical (unpaired) electrons. The van der Waals surface area contributed by atoms with Gasteiger partial charge in [0, 0.05) is 28.9 Å². The van der Waals surface area contributed by atoms with Gasteiger partial charge in [0.2, 0.25) is 5.89 Å². The van der Waals surface area contributed by atoms with E-state index in [4.69, 9.17) is 9.15 Å². The average Bonchev–Trinajstić information content (AvgIpc) is 3.48. The first-order valence-corrected chi connectivity index (χ1v) is 11.1. The molecule has 2 heterocycles. The Labute approximate surface area is 193 Å². The van der Waals surface area contributed by atoms with E-state index in [9.17, 15) is 4.39 Å². The lowest BCUT2D eigenvalue weighted by Gasteiger charge is -2.06. The molecule has 0 saturated heterocycles. The van der Waals surface area contributed by atoms with Crippen molar-refractivity contribution in [3.8, 4) is 5.75 Å².